The molecular weight excluding hydrogens is 370 g/mol. The van der Waals surface area contributed by atoms with Gasteiger partial charge in [0.25, 0.3) is 0 Å². The molecule has 0 spiro atoms. The van der Waals surface area contributed by atoms with Gasteiger partial charge in [-0.3, -0.25) is 10.2 Å². The standard InChI is InChI=1S/C21H17N5OS/c22-21(28)25-23-11-18-20-17(10-15(13-27)24-18)16-8-4-5-9-19(16)26(20)12-14-6-2-1-3-7-14/h1-11,13H,12H2,(H3,22,25,28)/b23-11+. The van der Waals surface area contributed by atoms with Crippen LogP contribution in [0.3, 0.4) is 0 Å². The van der Waals surface area contributed by atoms with Gasteiger partial charge in [-0.1, -0.05) is 48.5 Å². The summed E-state index contributed by atoms with van der Waals surface area (Å²) in [5, 5.41) is 6.11. The number of hydrogen-bond acceptors (Lipinski definition) is 4. The molecule has 0 bridgehead atoms. The number of benzene rings is 2. The minimum absolute atomic E-state index is 0.0591. The van der Waals surface area contributed by atoms with Crippen molar-refractivity contribution in [2.75, 3.05) is 0 Å². The lowest BCUT2D eigenvalue weighted by Gasteiger charge is -2.09. The van der Waals surface area contributed by atoms with Gasteiger partial charge in [0.1, 0.15) is 11.4 Å². The maximum Gasteiger partial charge on any atom is 0.184 e. The number of aromatic nitrogens is 2. The van der Waals surface area contributed by atoms with Crippen molar-refractivity contribution in [3.05, 3.63) is 77.6 Å². The SMILES string of the molecule is NC(=S)N/N=C/c1nc(C=O)cc2c3ccccc3n(Cc3ccccc3)c12. The van der Waals surface area contributed by atoms with Crippen LogP contribution in [-0.4, -0.2) is 27.2 Å². The Labute approximate surface area is 166 Å². The largest absolute Gasteiger partial charge is 0.375 e. The summed E-state index contributed by atoms with van der Waals surface area (Å²) in [6, 6.07) is 20.1. The summed E-state index contributed by atoms with van der Waals surface area (Å²) in [6.45, 7) is 0.663. The Kier molecular flexibility index (Phi) is 4.82. The lowest BCUT2D eigenvalue weighted by molar-refractivity contribution is 0.111. The molecule has 0 aliphatic rings. The van der Waals surface area contributed by atoms with Crippen LogP contribution in [0.2, 0.25) is 0 Å². The van der Waals surface area contributed by atoms with E-state index in [2.05, 4.69) is 38.3 Å². The number of hydrazone groups is 1. The number of carbonyl (C=O) groups excluding carboxylic acids is 1. The highest BCUT2D eigenvalue weighted by Gasteiger charge is 2.16. The minimum Gasteiger partial charge on any atom is -0.375 e. The molecular formula is C21H17N5OS. The van der Waals surface area contributed by atoms with Crippen molar-refractivity contribution in [3.8, 4) is 0 Å². The Balaban J connectivity index is 2.00. The van der Waals surface area contributed by atoms with Gasteiger partial charge in [-0.05, 0) is 29.9 Å². The molecule has 2 heterocycles. The van der Waals surface area contributed by atoms with Gasteiger partial charge in [0.2, 0.25) is 0 Å². The second kappa shape index (κ2) is 7.58. The summed E-state index contributed by atoms with van der Waals surface area (Å²) in [6.07, 6.45) is 2.27. The normalized spacial score (nSPS) is 11.3. The van der Waals surface area contributed by atoms with Crippen LogP contribution in [-0.2, 0) is 6.54 Å². The molecule has 0 amide bonds. The van der Waals surface area contributed by atoms with Gasteiger partial charge in [-0.2, -0.15) is 5.10 Å². The quantitative estimate of drug-likeness (QED) is 0.238. The van der Waals surface area contributed by atoms with E-state index in [4.69, 9.17) is 18.0 Å². The number of nitrogens with two attached hydrogens (primary N) is 1. The number of nitrogens with one attached hydrogen (secondary N) is 1. The van der Waals surface area contributed by atoms with Gasteiger partial charge in [0, 0.05) is 22.8 Å². The van der Waals surface area contributed by atoms with Crippen LogP contribution in [0.4, 0.5) is 0 Å². The zero-order valence-corrected chi connectivity index (χ0v) is 15.7. The number of thiocarbonyl (C=S) groups is 1. The van der Waals surface area contributed by atoms with E-state index in [1.165, 1.54) is 6.21 Å². The first-order valence-electron chi connectivity index (χ1n) is 8.67. The van der Waals surface area contributed by atoms with Crippen LogP contribution in [0.15, 0.2) is 65.8 Å². The Morgan fingerprint density at radius 1 is 1.14 bits per heavy atom. The molecule has 0 saturated carbocycles. The van der Waals surface area contributed by atoms with Crippen LogP contribution >= 0.6 is 12.2 Å². The molecule has 0 aliphatic heterocycles. The third-order valence-corrected chi connectivity index (χ3v) is 4.55. The smallest absolute Gasteiger partial charge is 0.184 e. The van der Waals surface area contributed by atoms with Crippen molar-refractivity contribution in [1.29, 1.82) is 0 Å². The maximum absolute atomic E-state index is 11.4. The monoisotopic (exact) mass is 387 g/mol. The van der Waals surface area contributed by atoms with E-state index in [0.717, 1.165) is 33.7 Å². The first-order valence-corrected chi connectivity index (χ1v) is 9.08. The van der Waals surface area contributed by atoms with Crippen molar-refractivity contribution >= 4 is 51.6 Å². The molecule has 138 valence electrons. The van der Waals surface area contributed by atoms with Gasteiger partial charge < -0.3 is 10.3 Å². The molecule has 7 heteroatoms. The molecule has 2 aromatic carbocycles. The maximum atomic E-state index is 11.4. The number of pyridine rings is 1. The Morgan fingerprint density at radius 3 is 2.64 bits per heavy atom. The first-order chi connectivity index (χ1) is 13.7. The first kappa shape index (κ1) is 17.8. The fourth-order valence-corrected chi connectivity index (χ4v) is 3.42. The van der Waals surface area contributed by atoms with E-state index in [1.807, 2.05) is 42.5 Å². The summed E-state index contributed by atoms with van der Waals surface area (Å²) in [4.78, 5) is 15.9. The summed E-state index contributed by atoms with van der Waals surface area (Å²) in [7, 11) is 0. The van der Waals surface area contributed by atoms with E-state index < -0.39 is 0 Å². The Morgan fingerprint density at radius 2 is 1.89 bits per heavy atom. The molecule has 4 aromatic rings. The topological polar surface area (TPSA) is 85.3 Å². The summed E-state index contributed by atoms with van der Waals surface area (Å²) >= 11 is 4.79. The third kappa shape index (κ3) is 3.35. The average Bonchev–Trinajstić information content (AvgIpc) is 3.02. The van der Waals surface area contributed by atoms with Gasteiger partial charge in [0.15, 0.2) is 11.4 Å². The predicted octanol–water partition coefficient (Wildman–Crippen LogP) is 3.22. The fraction of sp³-hybridized carbons (Fsp3) is 0.0476. The lowest BCUT2D eigenvalue weighted by atomic mass is 10.1. The van der Waals surface area contributed by atoms with Crippen LogP contribution in [0.25, 0.3) is 21.8 Å². The van der Waals surface area contributed by atoms with E-state index in [1.54, 1.807) is 0 Å². The highest BCUT2D eigenvalue weighted by Crippen LogP contribution is 2.31. The number of carbonyl (C=O) groups is 1. The number of aldehydes is 1. The molecule has 0 unspecified atom stereocenters. The number of rotatable bonds is 5. The Hall–Kier alpha value is -3.58. The van der Waals surface area contributed by atoms with Crippen LogP contribution in [0.5, 0.6) is 0 Å². The van der Waals surface area contributed by atoms with Crippen molar-refractivity contribution in [2.24, 2.45) is 10.8 Å². The third-order valence-electron chi connectivity index (χ3n) is 4.46. The number of para-hydroxylation sites is 1. The van der Waals surface area contributed by atoms with E-state index in [0.29, 0.717) is 17.9 Å². The molecule has 0 atom stereocenters. The summed E-state index contributed by atoms with van der Waals surface area (Å²) in [5.41, 5.74) is 12.0. The van der Waals surface area contributed by atoms with Gasteiger partial charge in [-0.25, -0.2) is 4.98 Å². The molecule has 6 nitrogen and oxygen atoms in total. The number of nitrogens with zero attached hydrogens (tertiary/aromatic N) is 3. The molecule has 3 N–H and O–H groups in total. The molecule has 0 saturated heterocycles. The van der Waals surface area contributed by atoms with Gasteiger partial charge >= 0.3 is 0 Å². The highest BCUT2D eigenvalue weighted by molar-refractivity contribution is 7.80. The van der Waals surface area contributed by atoms with E-state index in [9.17, 15) is 4.79 Å². The van der Waals surface area contributed by atoms with Crippen molar-refractivity contribution in [2.45, 2.75) is 6.54 Å². The van der Waals surface area contributed by atoms with Crippen molar-refractivity contribution in [3.63, 3.8) is 0 Å². The second-order valence-electron chi connectivity index (χ2n) is 6.27. The molecule has 0 radical (unpaired) electrons. The predicted molar refractivity (Wildman–Crippen MR) is 116 cm³/mol. The van der Waals surface area contributed by atoms with Crippen LogP contribution in [0.1, 0.15) is 21.7 Å². The van der Waals surface area contributed by atoms with Gasteiger partial charge in [0.05, 0.1) is 11.7 Å². The van der Waals surface area contributed by atoms with Crippen LogP contribution < -0.4 is 11.2 Å². The molecule has 0 aliphatic carbocycles. The van der Waals surface area contributed by atoms with Crippen LogP contribution in [0, 0.1) is 0 Å². The summed E-state index contributed by atoms with van der Waals surface area (Å²) < 4.78 is 2.18. The number of fused-ring (bicyclic) bond motifs is 3. The van der Waals surface area contributed by atoms with Gasteiger partial charge in [-0.15, -0.1) is 0 Å². The zero-order chi connectivity index (χ0) is 19.5. The van der Waals surface area contributed by atoms with E-state index >= 15 is 0 Å². The lowest BCUT2D eigenvalue weighted by Crippen LogP contribution is -2.24. The molecule has 0 fully saturated rings. The highest BCUT2D eigenvalue weighted by atomic mass is 32.1. The van der Waals surface area contributed by atoms with Crippen molar-refractivity contribution in [1.82, 2.24) is 15.0 Å². The summed E-state index contributed by atoms with van der Waals surface area (Å²) in [5.74, 6) is 0. The minimum atomic E-state index is 0.0591. The zero-order valence-electron chi connectivity index (χ0n) is 14.9. The molecule has 4 rings (SSSR count). The average molecular weight is 387 g/mol. The van der Waals surface area contributed by atoms with E-state index in [-0.39, 0.29) is 5.11 Å². The number of hydrogen-bond donors (Lipinski definition) is 2. The second-order valence-corrected chi connectivity index (χ2v) is 6.71. The van der Waals surface area contributed by atoms with Crippen molar-refractivity contribution < 1.29 is 4.79 Å². The molecule has 28 heavy (non-hydrogen) atoms. The Bertz CT molecular complexity index is 1210. The fourth-order valence-electron chi connectivity index (χ4n) is 3.36. The molecule has 2 aromatic heterocycles.